The van der Waals surface area contributed by atoms with Crippen molar-refractivity contribution < 1.29 is 4.74 Å². The monoisotopic (exact) mass is 210 g/mol. The fraction of sp³-hybridized carbons (Fsp3) is 0.917. The van der Waals surface area contributed by atoms with E-state index in [0.717, 1.165) is 32.2 Å². The van der Waals surface area contributed by atoms with Crippen LogP contribution in [0.1, 0.15) is 32.1 Å². The van der Waals surface area contributed by atoms with Gasteiger partial charge in [-0.2, -0.15) is 5.26 Å². The summed E-state index contributed by atoms with van der Waals surface area (Å²) in [7, 11) is 1.73. The molecular formula is C12H22N2O. The van der Waals surface area contributed by atoms with Gasteiger partial charge in [0.15, 0.2) is 0 Å². The Kier molecular flexibility index (Phi) is 6.38. The first-order valence-electron chi connectivity index (χ1n) is 5.95. The second kappa shape index (κ2) is 7.67. The molecule has 0 unspecified atom stereocenters. The van der Waals surface area contributed by atoms with Crippen LogP contribution in [0.15, 0.2) is 0 Å². The fourth-order valence-electron chi connectivity index (χ4n) is 2.28. The number of hydrogen-bond donors (Lipinski definition) is 0. The Morgan fingerprint density at radius 2 is 2.07 bits per heavy atom. The lowest BCUT2D eigenvalue weighted by Crippen LogP contribution is -2.32. The lowest BCUT2D eigenvalue weighted by molar-refractivity contribution is 0.138. The second-order valence-electron chi connectivity index (χ2n) is 4.35. The zero-order valence-corrected chi connectivity index (χ0v) is 9.74. The Morgan fingerprint density at radius 1 is 1.33 bits per heavy atom. The summed E-state index contributed by atoms with van der Waals surface area (Å²) in [5.74, 6) is 0.862. The minimum absolute atomic E-state index is 0.635. The molecule has 0 radical (unpaired) electrons. The summed E-state index contributed by atoms with van der Waals surface area (Å²) in [5.41, 5.74) is 0. The quantitative estimate of drug-likeness (QED) is 0.645. The van der Waals surface area contributed by atoms with E-state index in [1.54, 1.807) is 7.11 Å². The van der Waals surface area contributed by atoms with E-state index >= 15 is 0 Å². The van der Waals surface area contributed by atoms with Crippen molar-refractivity contribution in [3.8, 4) is 6.07 Å². The van der Waals surface area contributed by atoms with Gasteiger partial charge in [0.25, 0.3) is 0 Å². The zero-order chi connectivity index (χ0) is 10.9. The van der Waals surface area contributed by atoms with Crippen LogP contribution in [0.3, 0.4) is 0 Å². The molecule has 1 saturated carbocycles. The first kappa shape index (κ1) is 12.5. The summed E-state index contributed by atoms with van der Waals surface area (Å²) in [5, 5.41) is 8.59. The van der Waals surface area contributed by atoms with E-state index in [-0.39, 0.29) is 0 Å². The molecular weight excluding hydrogens is 188 g/mol. The fourth-order valence-corrected chi connectivity index (χ4v) is 2.28. The van der Waals surface area contributed by atoms with Gasteiger partial charge in [0.05, 0.1) is 12.7 Å². The van der Waals surface area contributed by atoms with E-state index in [4.69, 9.17) is 10.00 Å². The Labute approximate surface area is 93.0 Å². The van der Waals surface area contributed by atoms with E-state index < -0.39 is 0 Å². The minimum atomic E-state index is 0.635. The summed E-state index contributed by atoms with van der Waals surface area (Å²) in [4.78, 5) is 2.38. The highest BCUT2D eigenvalue weighted by Gasteiger charge is 2.18. The first-order chi connectivity index (χ1) is 7.36. The Hall–Kier alpha value is -0.590. The molecule has 0 saturated heterocycles. The van der Waals surface area contributed by atoms with Crippen LogP contribution >= 0.6 is 0 Å². The van der Waals surface area contributed by atoms with Crippen LogP contribution in [-0.2, 0) is 4.74 Å². The third-order valence-corrected chi connectivity index (χ3v) is 3.14. The van der Waals surface area contributed by atoms with Crippen molar-refractivity contribution in [2.75, 3.05) is 33.4 Å². The lowest BCUT2D eigenvalue weighted by Gasteiger charge is -2.24. The van der Waals surface area contributed by atoms with Crippen LogP contribution in [0.5, 0.6) is 0 Å². The van der Waals surface area contributed by atoms with Crippen molar-refractivity contribution in [2.24, 2.45) is 5.92 Å². The standard InChI is InChI=1S/C12H22N2O/c1-15-10-9-14(8-4-7-13)11-12-5-2-3-6-12/h12H,2-6,8-11H2,1H3. The van der Waals surface area contributed by atoms with Gasteiger partial charge in [-0.3, -0.25) is 4.90 Å². The van der Waals surface area contributed by atoms with Gasteiger partial charge < -0.3 is 4.74 Å². The third-order valence-electron chi connectivity index (χ3n) is 3.14. The maximum absolute atomic E-state index is 8.59. The molecule has 0 N–H and O–H groups in total. The van der Waals surface area contributed by atoms with Gasteiger partial charge >= 0.3 is 0 Å². The van der Waals surface area contributed by atoms with Gasteiger partial charge in [0.1, 0.15) is 0 Å². The maximum Gasteiger partial charge on any atom is 0.0635 e. The molecule has 0 aliphatic heterocycles. The molecule has 0 heterocycles. The van der Waals surface area contributed by atoms with Crippen molar-refractivity contribution in [3.63, 3.8) is 0 Å². The van der Waals surface area contributed by atoms with Crippen LogP contribution in [0.25, 0.3) is 0 Å². The van der Waals surface area contributed by atoms with Crippen LogP contribution in [0.4, 0.5) is 0 Å². The van der Waals surface area contributed by atoms with Gasteiger partial charge in [-0.05, 0) is 18.8 Å². The highest BCUT2D eigenvalue weighted by Crippen LogP contribution is 2.25. The molecule has 1 rings (SSSR count). The molecule has 0 atom stereocenters. The van der Waals surface area contributed by atoms with Crippen LogP contribution in [-0.4, -0.2) is 38.3 Å². The van der Waals surface area contributed by atoms with Gasteiger partial charge in [-0.25, -0.2) is 0 Å². The number of nitrogens with zero attached hydrogens (tertiary/aromatic N) is 2. The number of rotatable bonds is 7. The van der Waals surface area contributed by atoms with E-state index in [9.17, 15) is 0 Å². The maximum atomic E-state index is 8.59. The summed E-state index contributed by atoms with van der Waals surface area (Å²) in [6.07, 6.45) is 6.16. The average Bonchev–Trinajstić information content (AvgIpc) is 2.74. The van der Waals surface area contributed by atoms with Crippen molar-refractivity contribution in [1.82, 2.24) is 4.90 Å². The molecule has 0 amide bonds. The number of nitriles is 1. The molecule has 0 aromatic heterocycles. The highest BCUT2D eigenvalue weighted by molar-refractivity contribution is 4.76. The summed E-state index contributed by atoms with van der Waals surface area (Å²) in [6, 6.07) is 2.22. The van der Waals surface area contributed by atoms with Gasteiger partial charge in [0.2, 0.25) is 0 Å². The number of hydrogen-bond acceptors (Lipinski definition) is 3. The Morgan fingerprint density at radius 3 is 2.67 bits per heavy atom. The van der Waals surface area contributed by atoms with Crippen molar-refractivity contribution in [2.45, 2.75) is 32.1 Å². The molecule has 3 heteroatoms. The summed E-state index contributed by atoms with van der Waals surface area (Å²) >= 11 is 0. The van der Waals surface area contributed by atoms with Gasteiger partial charge in [0, 0.05) is 33.2 Å². The molecule has 0 aromatic rings. The Bertz CT molecular complexity index is 194. The molecule has 1 fully saturated rings. The SMILES string of the molecule is COCCN(CCC#N)CC1CCCC1. The largest absolute Gasteiger partial charge is 0.383 e. The normalized spacial score (nSPS) is 17.1. The van der Waals surface area contributed by atoms with E-state index in [1.807, 2.05) is 0 Å². The number of methoxy groups -OCH3 is 1. The molecule has 15 heavy (non-hydrogen) atoms. The molecule has 1 aliphatic rings. The van der Waals surface area contributed by atoms with Crippen molar-refractivity contribution in [3.05, 3.63) is 0 Å². The van der Waals surface area contributed by atoms with Crippen LogP contribution in [0.2, 0.25) is 0 Å². The molecule has 0 aromatic carbocycles. The van der Waals surface area contributed by atoms with Crippen LogP contribution < -0.4 is 0 Å². The predicted molar refractivity (Wildman–Crippen MR) is 60.5 cm³/mol. The molecule has 86 valence electrons. The molecule has 1 aliphatic carbocycles. The molecule has 3 nitrogen and oxygen atoms in total. The molecule has 0 spiro atoms. The second-order valence-corrected chi connectivity index (χ2v) is 4.35. The predicted octanol–water partition coefficient (Wildman–Crippen LogP) is 2.04. The van der Waals surface area contributed by atoms with Gasteiger partial charge in [-0.15, -0.1) is 0 Å². The van der Waals surface area contributed by atoms with E-state index in [2.05, 4.69) is 11.0 Å². The smallest absolute Gasteiger partial charge is 0.0635 e. The van der Waals surface area contributed by atoms with Crippen molar-refractivity contribution in [1.29, 1.82) is 5.26 Å². The van der Waals surface area contributed by atoms with Crippen LogP contribution in [0, 0.1) is 17.2 Å². The van der Waals surface area contributed by atoms with E-state index in [1.165, 1.54) is 25.7 Å². The minimum Gasteiger partial charge on any atom is -0.383 e. The lowest BCUT2D eigenvalue weighted by atomic mass is 10.1. The highest BCUT2D eigenvalue weighted by atomic mass is 16.5. The summed E-state index contributed by atoms with van der Waals surface area (Å²) < 4.78 is 5.09. The summed E-state index contributed by atoms with van der Waals surface area (Å²) in [6.45, 7) is 3.80. The molecule has 0 bridgehead atoms. The van der Waals surface area contributed by atoms with E-state index in [0.29, 0.717) is 6.42 Å². The zero-order valence-electron chi connectivity index (χ0n) is 9.74. The van der Waals surface area contributed by atoms with Gasteiger partial charge in [-0.1, -0.05) is 12.8 Å². The van der Waals surface area contributed by atoms with Crippen molar-refractivity contribution >= 4 is 0 Å². The third kappa shape index (κ3) is 5.15. The topological polar surface area (TPSA) is 36.3 Å². The first-order valence-corrected chi connectivity index (χ1v) is 5.95. The number of ether oxygens (including phenoxy) is 1. The Balaban J connectivity index is 2.23. The average molecular weight is 210 g/mol.